The largest absolute Gasteiger partial charge is 0.322 e. The zero-order valence-electron chi connectivity index (χ0n) is 19.5. The van der Waals surface area contributed by atoms with Crippen LogP contribution in [0.3, 0.4) is 0 Å². The van der Waals surface area contributed by atoms with Gasteiger partial charge in [-0.3, -0.25) is 4.79 Å². The van der Waals surface area contributed by atoms with Crippen LogP contribution in [-0.4, -0.2) is 35.2 Å². The first-order valence-electron chi connectivity index (χ1n) is 11.5. The van der Waals surface area contributed by atoms with E-state index in [0.29, 0.717) is 23.6 Å². The van der Waals surface area contributed by atoms with Crippen LogP contribution < -0.4 is 5.32 Å². The van der Waals surface area contributed by atoms with Gasteiger partial charge in [-0.25, -0.2) is 19.6 Å². The van der Waals surface area contributed by atoms with Crippen molar-refractivity contribution in [2.45, 2.75) is 33.1 Å². The topological polar surface area (TPSA) is 90.5 Å². The van der Waals surface area contributed by atoms with Gasteiger partial charge in [0.2, 0.25) is 0 Å². The molecule has 0 saturated heterocycles. The van der Waals surface area contributed by atoms with Gasteiger partial charge < -0.3 is 9.88 Å². The van der Waals surface area contributed by atoms with Gasteiger partial charge in [0.25, 0.3) is 11.9 Å². The number of aryl methyl sites for hydroxylation is 1. The summed E-state index contributed by atoms with van der Waals surface area (Å²) in [7, 11) is 0. The highest BCUT2D eigenvalue weighted by molar-refractivity contribution is 7.13. The maximum atomic E-state index is 13.2. The van der Waals surface area contributed by atoms with Crippen molar-refractivity contribution in [3.8, 4) is 22.2 Å². The van der Waals surface area contributed by atoms with E-state index in [-0.39, 0.29) is 5.91 Å². The van der Waals surface area contributed by atoms with E-state index in [4.69, 9.17) is 4.98 Å². The zero-order chi connectivity index (χ0) is 24.2. The molecule has 0 fully saturated rings. The third-order valence-corrected chi connectivity index (χ3v) is 6.59. The monoisotopic (exact) mass is 483 g/mol. The number of carbonyl (C=O) groups is 1. The van der Waals surface area contributed by atoms with E-state index in [9.17, 15) is 4.79 Å². The molecule has 4 heterocycles. The number of anilines is 1. The van der Waals surface area contributed by atoms with Crippen molar-refractivity contribution >= 4 is 22.9 Å². The fraction of sp³-hybridized carbons (Fsp3) is 0.192. The summed E-state index contributed by atoms with van der Waals surface area (Å²) < 4.78 is 3.60. The number of thiophene rings is 1. The molecule has 0 spiro atoms. The first-order valence-corrected chi connectivity index (χ1v) is 12.4. The predicted octanol–water partition coefficient (Wildman–Crippen LogP) is 5.48. The lowest BCUT2D eigenvalue weighted by Gasteiger charge is -2.11. The summed E-state index contributed by atoms with van der Waals surface area (Å²) in [6, 6.07) is 11.7. The molecule has 0 saturated carbocycles. The van der Waals surface area contributed by atoms with Crippen molar-refractivity contribution in [2.75, 3.05) is 5.32 Å². The Morgan fingerprint density at radius 3 is 2.71 bits per heavy atom. The van der Waals surface area contributed by atoms with Crippen LogP contribution in [0.1, 0.15) is 41.4 Å². The number of hydrogen-bond acceptors (Lipinski definition) is 6. The number of carbonyl (C=O) groups excluding carboxylic acids is 1. The highest BCUT2D eigenvalue weighted by atomic mass is 32.1. The highest BCUT2D eigenvalue weighted by Crippen LogP contribution is 2.27. The fourth-order valence-electron chi connectivity index (χ4n) is 3.85. The minimum atomic E-state index is -0.205. The van der Waals surface area contributed by atoms with Crippen LogP contribution in [0.4, 0.5) is 5.69 Å². The summed E-state index contributed by atoms with van der Waals surface area (Å²) in [6.07, 6.45) is 11.4. The van der Waals surface area contributed by atoms with Crippen molar-refractivity contribution in [3.63, 3.8) is 0 Å². The number of nitrogens with zero attached hydrogens (tertiary/aromatic N) is 6. The third kappa shape index (κ3) is 4.76. The van der Waals surface area contributed by atoms with Gasteiger partial charge >= 0.3 is 0 Å². The van der Waals surface area contributed by atoms with E-state index in [1.54, 1.807) is 34.7 Å². The van der Waals surface area contributed by atoms with Gasteiger partial charge in [-0.15, -0.1) is 11.3 Å². The summed E-state index contributed by atoms with van der Waals surface area (Å²) in [5, 5.41) is 9.55. The maximum Gasteiger partial charge on any atom is 0.259 e. The number of rotatable bonds is 8. The molecule has 35 heavy (non-hydrogen) atoms. The van der Waals surface area contributed by atoms with Crippen LogP contribution in [0.2, 0.25) is 0 Å². The molecule has 0 radical (unpaired) electrons. The average molecular weight is 484 g/mol. The normalized spacial score (nSPS) is 11.0. The van der Waals surface area contributed by atoms with Gasteiger partial charge in [-0.2, -0.15) is 5.10 Å². The molecular formula is C26H25N7OS. The molecule has 4 aromatic heterocycles. The van der Waals surface area contributed by atoms with Crippen molar-refractivity contribution in [1.82, 2.24) is 29.3 Å². The third-order valence-electron chi connectivity index (χ3n) is 5.71. The second kappa shape index (κ2) is 10.0. The second-order valence-electron chi connectivity index (χ2n) is 8.17. The lowest BCUT2D eigenvalue weighted by Crippen LogP contribution is -2.15. The Morgan fingerprint density at radius 2 is 2.00 bits per heavy atom. The van der Waals surface area contributed by atoms with Gasteiger partial charge in [0.15, 0.2) is 0 Å². The zero-order valence-corrected chi connectivity index (χ0v) is 20.4. The number of unbranched alkanes of at least 4 members (excludes halogenated alkanes) is 1. The highest BCUT2D eigenvalue weighted by Gasteiger charge is 2.20. The molecule has 176 valence electrons. The molecule has 0 aliphatic rings. The number of benzene rings is 1. The van der Waals surface area contributed by atoms with E-state index < -0.39 is 0 Å². The quantitative estimate of drug-likeness (QED) is 0.316. The smallest absolute Gasteiger partial charge is 0.259 e. The number of aromatic nitrogens is 6. The van der Waals surface area contributed by atoms with Crippen molar-refractivity contribution in [2.24, 2.45) is 0 Å². The number of hydrogen-bond donors (Lipinski definition) is 1. The molecule has 1 amide bonds. The fourth-order valence-corrected chi connectivity index (χ4v) is 4.62. The van der Waals surface area contributed by atoms with Crippen LogP contribution >= 0.6 is 11.3 Å². The molecule has 0 atom stereocenters. The Hall–Kier alpha value is -4.11. The minimum Gasteiger partial charge on any atom is -0.322 e. The first kappa shape index (κ1) is 22.7. The van der Waals surface area contributed by atoms with Crippen molar-refractivity contribution in [3.05, 3.63) is 89.7 Å². The number of nitrogens with one attached hydrogen (secondary N) is 1. The molecule has 5 rings (SSSR count). The lowest BCUT2D eigenvalue weighted by atomic mass is 10.1. The average Bonchev–Trinajstić information content (AvgIpc) is 3.66. The molecule has 8 nitrogen and oxygen atoms in total. The van der Waals surface area contributed by atoms with Gasteiger partial charge in [-0.05, 0) is 61.0 Å². The molecule has 1 N–H and O–H groups in total. The van der Waals surface area contributed by atoms with E-state index in [0.717, 1.165) is 40.4 Å². The van der Waals surface area contributed by atoms with Crippen LogP contribution in [0.15, 0.2) is 72.9 Å². The maximum absolute atomic E-state index is 13.2. The van der Waals surface area contributed by atoms with E-state index in [1.807, 2.05) is 65.7 Å². The predicted molar refractivity (Wildman–Crippen MR) is 137 cm³/mol. The van der Waals surface area contributed by atoms with E-state index >= 15 is 0 Å². The first-order chi connectivity index (χ1) is 17.1. The van der Waals surface area contributed by atoms with Gasteiger partial charge in [0.05, 0.1) is 34.4 Å². The molecule has 9 heteroatoms. The van der Waals surface area contributed by atoms with Gasteiger partial charge in [-0.1, -0.05) is 19.4 Å². The molecule has 0 aliphatic carbocycles. The summed E-state index contributed by atoms with van der Waals surface area (Å²) in [4.78, 5) is 27.7. The summed E-state index contributed by atoms with van der Waals surface area (Å²) in [5.41, 5.74) is 4.88. The van der Waals surface area contributed by atoms with E-state index in [1.165, 1.54) is 0 Å². The van der Waals surface area contributed by atoms with Gasteiger partial charge in [0.1, 0.15) is 0 Å². The van der Waals surface area contributed by atoms with Crippen molar-refractivity contribution < 1.29 is 4.79 Å². The Morgan fingerprint density at radius 1 is 1.14 bits per heavy atom. The number of amides is 1. The van der Waals surface area contributed by atoms with Crippen molar-refractivity contribution in [1.29, 1.82) is 0 Å². The molecule has 5 aromatic rings. The van der Waals surface area contributed by atoms with Crippen LogP contribution in [0.25, 0.3) is 22.2 Å². The Balaban J connectivity index is 1.44. The minimum absolute atomic E-state index is 0.205. The molecule has 0 bridgehead atoms. The summed E-state index contributed by atoms with van der Waals surface area (Å²) >= 11 is 1.63. The number of imidazole rings is 1. The second-order valence-corrected chi connectivity index (χ2v) is 9.12. The molecular weight excluding hydrogens is 458 g/mol. The van der Waals surface area contributed by atoms with Crippen LogP contribution in [0.5, 0.6) is 0 Å². The Labute approximate surface area is 207 Å². The van der Waals surface area contributed by atoms with E-state index in [2.05, 4.69) is 27.3 Å². The SMILES string of the molecule is CCCCc1c(C(=O)Nc2ccc(-n3ccnc3)cc2)cnn1-c1ncc(C)c(-c2cccs2)n1. The van der Waals surface area contributed by atoms with Gasteiger partial charge in [0, 0.05) is 30.0 Å². The van der Waals surface area contributed by atoms with Crippen LogP contribution in [0, 0.1) is 6.92 Å². The van der Waals surface area contributed by atoms with Crippen LogP contribution in [-0.2, 0) is 6.42 Å². The Bertz CT molecular complexity index is 1420. The molecule has 0 unspecified atom stereocenters. The standard InChI is InChI=1S/C26H25N7OS/c1-3-4-6-22-21(25(34)30-19-8-10-20(11-9-19)32-13-12-27-17-32)16-29-33(22)26-28-15-18(2)24(31-26)23-7-5-14-35-23/h5,7-17H,3-4,6H2,1-2H3,(H,30,34). The summed E-state index contributed by atoms with van der Waals surface area (Å²) in [6.45, 7) is 4.12. The molecule has 1 aromatic carbocycles. The summed E-state index contributed by atoms with van der Waals surface area (Å²) in [5.74, 6) is 0.261. The Kier molecular flexibility index (Phi) is 6.49. The lowest BCUT2D eigenvalue weighted by molar-refractivity contribution is 0.102. The molecule has 0 aliphatic heterocycles.